The number of carbonyl (C=O) groups is 2. The number of esters is 1. The number of allylic oxidation sites excluding steroid dienone is 1. The van der Waals surface area contributed by atoms with E-state index in [1.807, 2.05) is 24.3 Å². The summed E-state index contributed by atoms with van der Waals surface area (Å²) in [7, 11) is 1.29. The molecular formula is C22H19Cl2NO3. The van der Waals surface area contributed by atoms with Crippen molar-refractivity contribution in [2.24, 2.45) is 0 Å². The SMILES string of the molecule is CCc1ccc(/C=C2\C(=O)N(c3ccc(Cl)c(Cl)c3)C(C)=C2C(=O)OC)cc1. The smallest absolute Gasteiger partial charge is 0.340 e. The molecule has 0 spiro atoms. The average molecular weight is 416 g/mol. The first kappa shape index (κ1) is 20.2. The van der Waals surface area contributed by atoms with Gasteiger partial charge in [-0.2, -0.15) is 0 Å². The molecule has 6 heteroatoms. The molecular weight excluding hydrogens is 397 g/mol. The Morgan fingerprint density at radius 3 is 2.36 bits per heavy atom. The molecule has 0 N–H and O–H groups in total. The third-order valence-electron chi connectivity index (χ3n) is 4.65. The van der Waals surface area contributed by atoms with Gasteiger partial charge in [-0.05, 0) is 48.7 Å². The van der Waals surface area contributed by atoms with Crippen LogP contribution in [0.15, 0.2) is 59.3 Å². The standard InChI is InChI=1S/C22H19Cl2NO3/c1-4-14-5-7-15(8-6-14)11-17-20(22(27)28-3)13(2)25(21(17)26)16-9-10-18(23)19(24)12-16/h5-12H,4H2,1-3H3/b17-11-. The van der Waals surface area contributed by atoms with Crippen LogP contribution in [0.3, 0.4) is 0 Å². The highest BCUT2D eigenvalue weighted by molar-refractivity contribution is 6.42. The summed E-state index contributed by atoms with van der Waals surface area (Å²) in [6, 6.07) is 12.7. The molecule has 28 heavy (non-hydrogen) atoms. The third-order valence-corrected chi connectivity index (χ3v) is 5.39. The molecule has 1 aliphatic rings. The first-order valence-electron chi connectivity index (χ1n) is 8.77. The van der Waals surface area contributed by atoms with Crippen molar-refractivity contribution >= 4 is 46.8 Å². The van der Waals surface area contributed by atoms with Crippen molar-refractivity contribution in [2.45, 2.75) is 20.3 Å². The van der Waals surface area contributed by atoms with Gasteiger partial charge >= 0.3 is 5.97 Å². The lowest BCUT2D eigenvalue weighted by molar-refractivity contribution is -0.136. The minimum atomic E-state index is -0.565. The molecule has 0 aromatic heterocycles. The van der Waals surface area contributed by atoms with Gasteiger partial charge in [0.2, 0.25) is 0 Å². The van der Waals surface area contributed by atoms with E-state index in [4.69, 9.17) is 27.9 Å². The van der Waals surface area contributed by atoms with Crippen LogP contribution < -0.4 is 4.90 Å². The number of halogens is 2. The Morgan fingerprint density at radius 2 is 1.79 bits per heavy atom. The van der Waals surface area contributed by atoms with Crippen molar-refractivity contribution in [1.82, 2.24) is 0 Å². The van der Waals surface area contributed by atoms with Gasteiger partial charge in [0.25, 0.3) is 5.91 Å². The van der Waals surface area contributed by atoms with Gasteiger partial charge in [-0.3, -0.25) is 9.69 Å². The maximum Gasteiger partial charge on any atom is 0.340 e. The van der Waals surface area contributed by atoms with E-state index in [-0.39, 0.29) is 17.1 Å². The molecule has 0 bridgehead atoms. The van der Waals surface area contributed by atoms with Crippen LogP contribution in [0, 0.1) is 0 Å². The number of hydrogen-bond donors (Lipinski definition) is 0. The quantitative estimate of drug-likeness (QED) is 0.493. The molecule has 0 saturated heterocycles. The number of benzene rings is 2. The summed E-state index contributed by atoms with van der Waals surface area (Å²) in [6.07, 6.45) is 2.63. The molecule has 0 unspecified atom stereocenters. The Kier molecular flexibility index (Phi) is 5.92. The Morgan fingerprint density at radius 1 is 1.11 bits per heavy atom. The van der Waals surface area contributed by atoms with Gasteiger partial charge in [0.15, 0.2) is 0 Å². The van der Waals surface area contributed by atoms with E-state index >= 15 is 0 Å². The van der Waals surface area contributed by atoms with Crippen LogP contribution in [0.4, 0.5) is 5.69 Å². The predicted octanol–water partition coefficient (Wildman–Crippen LogP) is 5.43. The van der Waals surface area contributed by atoms with E-state index in [9.17, 15) is 9.59 Å². The molecule has 1 amide bonds. The van der Waals surface area contributed by atoms with Crippen molar-refractivity contribution in [3.05, 3.63) is 80.5 Å². The Balaban J connectivity index is 2.11. The maximum absolute atomic E-state index is 13.2. The highest BCUT2D eigenvalue weighted by Crippen LogP contribution is 2.37. The van der Waals surface area contributed by atoms with Gasteiger partial charge in [0.1, 0.15) is 0 Å². The summed E-state index contributed by atoms with van der Waals surface area (Å²) < 4.78 is 4.92. The molecule has 1 aliphatic heterocycles. The topological polar surface area (TPSA) is 46.6 Å². The largest absolute Gasteiger partial charge is 0.465 e. The number of hydrogen-bond acceptors (Lipinski definition) is 3. The molecule has 0 atom stereocenters. The number of amides is 1. The lowest BCUT2D eigenvalue weighted by Gasteiger charge is -2.18. The maximum atomic E-state index is 13.2. The number of methoxy groups -OCH3 is 1. The summed E-state index contributed by atoms with van der Waals surface area (Å²) in [5.41, 5.74) is 3.54. The van der Waals surface area contributed by atoms with E-state index in [2.05, 4.69) is 6.92 Å². The number of carbonyl (C=O) groups excluding carboxylic acids is 2. The summed E-state index contributed by atoms with van der Waals surface area (Å²) >= 11 is 12.1. The lowest BCUT2D eigenvalue weighted by atomic mass is 10.0. The van der Waals surface area contributed by atoms with Crippen molar-refractivity contribution in [1.29, 1.82) is 0 Å². The number of nitrogens with zero attached hydrogens (tertiary/aromatic N) is 1. The van der Waals surface area contributed by atoms with Crippen molar-refractivity contribution in [3.8, 4) is 0 Å². The Bertz CT molecular complexity index is 1010. The van der Waals surface area contributed by atoms with E-state index in [0.29, 0.717) is 21.4 Å². The summed E-state index contributed by atoms with van der Waals surface area (Å²) in [5.74, 6) is -0.888. The lowest BCUT2D eigenvalue weighted by Crippen LogP contribution is -2.24. The van der Waals surface area contributed by atoms with E-state index < -0.39 is 5.97 Å². The molecule has 0 aliphatic carbocycles. The van der Waals surface area contributed by atoms with Crippen LogP contribution in [-0.4, -0.2) is 19.0 Å². The normalized spacial score (nSPS) is 15.5. The van der Waals surface area contributed by atoms with E-state index in [1.165, 1.54) is 17.6 Å². The third kappa shape index (κ3) is 3.71. The monoisotopic (exact) mass is 415 g/mol. The van der Waals surface area contributed by atoms with Crippen LogP contribution >= 0.6 is 23.2 Å². The molecule has 1 heterocycles. The van der Waals surface area contributed by atoms with Gasteiger partial charge in [-0.15, -0.1) is 0 Å². The fourth-order valence-corrected chi connectivity index (χ4v) is 3.42. The van der Waals surface area contributed by atoms with Gasteiger partial charge in [-0.1, -0.05) is 54.4 Å². The van der Waals surface area contributed by atoms with E-state index in [0.717, 1.165) is 12.0 Å². The van der Waals surface area contributed by atoms with Crippen LogP contribution in [0.2, 0.25) is 10.0 Å². The molecule has 2 aromatic rings. The highest BCUT2D eigenvalue weighted by Gasteiger charge is 2.38. The Labute approximate surface area is 174 Å². The number of rotatable bonds is 4. The van der Waals surface area contributed by atoms with Gasteiger partial charge in [-0.25, -0.2) is 4.79 Å². The molecule has 2 aromatic carbocycles. The van der Waals surface area contributed by atoms with E-state index in [1.54, 1.807) is 31.2 Å². The van der Waals surface area contributed by atoms with Crippen LogP contribution in [0.5, 0.6) is 0 Å². The number of aryl methyl sites for hydroxylation is 1. The first-order chi connectivity index (χ1) is 13.4. The van der Waals surface area contributed by atoms with Gasteiger partial charge in [0, 0.05) is 5.70 Å². The molecule has 0 radical (unpaired) electrons. The second-order valence-corrected chi connectivity index (χ2v) is 7.16. The molecule has 0 fully saturated rings. The van der Waals surface area contributed by atoms with Crippen molar-refractivity contribution < 1.29 is 14.3 Å². The zero-order valence-electron chi connectivity index (χ0n) is 15.8. The zero-order chi connectivity index (χ0) is 20.4. The molecule has 3 rings (SSSR count). The molecule has 144 valence electrons. The number of ether oxygens (including phenoxy) is 1. The summed E-state index contributed by atoms with van der Waals surface area (Å²) in [6.45, 7) is 3.78. The van der Waals surface area contributed by atoms with Crippen molar-refractivity contribution in [3.63, 3.8) is 0 Å². The van der Waals surface area contributed by atoms with Crippen molar-refractivity contribution in [2.75, 3.05) is 12.0 Å². The minimum Gasteiger partial charge on any atom is -0.465 e. The predicted molar refractivity (Wildman–Crippen MR) is 112 cm³/mol. The zero-order valence-corrected chi connectivity index (χ0v) is 17.3. The minimum absolute atomic E-state index is 0.234. The number of anilines is 1. The van der Waals surface area contributed by atoms with Gasteiger partial charge in [0.05, 0.1) is 34.0 Å². The molecule has 4 nitrogen and oxygen atoms in total. The summed E-state index contributed by atoms with van der Waals surface area (Å²) in [4.78, 5) is 27.1. The summed E-state index contributed by atoms with van der Waals surface area (Å²) in [5, 5.41) is 0.714. The van der Waals surface area contributed by atoms with Crippen LogP contribution in [0.25, 0.3) is 6.08 Å². The highest BCUT2D eigenvalue weighted by atomic mass is 35.5. The average Bonchev–Trinajstić information content (AvgIpc) is 2.94. The van der Waals surface area contributed by atoms with Crippen LogP contribution in [0.1, 0.15) is 25.0 Å². The van der Waals surface area contributed by atoms with Gasteiger partial charge < -0.3 is 4.74 Å². The fourth-order valence-electron chi connectivity index (χ4n) is 3.13. The molecule has 0 saturated carbocycles. The second-order valence-electron chi connectivity index (χ2n) is 6.34. The Hall–Kier alpha value is -2.56. The first-order valence-corrected chi connectivity index (χ1v) is 9.52. The van der Waals surface area contributed by atoms with Crippen LogP contribution in [-0.2, 0) is 20.7 Å². The fraction of sp³-hybridized carbons (Fsp3) is 0.182. The second kappa shape index (κ2) is 8.21.